The molecule has 20 heavy (non-hydrogen) atoms. The molecule has 0 aromatic heterocycles. The molecule has 0 heterocycles. The second-order valence-electron chi connectivity index (χ2n) is 7.88. The van der Waals surface area contributed by atoms with Gasteiger partial charge in [0.25, 0.3) is 0 Å². The van der Waals surface area contributed by atoms with Crippen LogP contribution in [0.25, 0.3) is 0 Å². The van der Waals surface area contributed by atoms with Crippen LogP contribution in [0.15, 0.2) is 0 Å². The maximum Gasteiger partial charge on any atom is 0.239 e. The van der Waals surface area contributed by atoms with Crippen molar-refractivity contribution in [3.63, 3.8) is 0 Å². The van der Waals surface area contributed by atoms with Crippen molar-refractivity contribution in [2.45, 2.75) is 52.4 Å². The van der Waals surface area contributed by atoms with Crippen LogP contribution in [-0.2, 0) is 4.79 Å². The molecule has 3 heteroatoms. The second kappa shape index (κ2) is 5.06. The van der Waals surface area contributed by atoms with Crippen LogP contribution in [0.1, 0.15) is 52.4 Å². The quantitative estimate of drug-likeness (QED) is 0.856. The number of carbonyl (C=O) groups is 1. The molecule has 1 N–H and O–H groups in total. The van der Waals surface area contributed by atoms with Gasteiger partial charge in [-0.2, -0.15) is 5.26 Å². The first-order valence-corrected chi connectivity index (χ1v) is 8.19. The van der Waals surface area contributed by atoms with Gasteiger partial charge in [-0.3, -0.25) is 4.79 Å². The standard InChI is InChI=1S/C17H26N2O/c1-17(2,10-18)16(20)19-4-3-15-13-6-11-5-12(8-13)9-14(15)7-11/h11-15H,3-9H2,1-2H3,(H,19,20). The van der Waals surface area contributed by atoms with Crippen LogP contribution in [0, 0.1) is 46.3 Å². The average molecular weight is 274 g/mol. The second-order valence-corrected chi connectivity index (χ2v) is 7.88. The highest BCUT2D eigenvalue weighted by molar-refractivity contribution is 5.84. The molecule has 4 bridgehead atoms. The Labute approximate surface area is 122 Å². The normalized spacial score (nSPS) is 38.5. The van der Waals surface area contributed by atoms with E-state index in [1.807, 2.05) is 0 Å². The molecular formula is C17H26N2O. The third-order valence-corrected chi connectivity index (χ3v) is 6.03. The molecule has 0 aromatic carbocycles. The van der Waals surface area contributed by atoms with Crippen molar-refractivity contribution in [1.82, 2.24) is 5.32 Å². The molecule has 0 spiro atoms. The molecule has 4 fully saturated rings. The monoisotopic (exact) mass is 274 g/mol. The van der Waals surface area contributed by atoms with Crippen molar-refractivity contribution in [2.24, 2.45) is 35.0 Å². The van der Waals surface area contributed by atoms with Crippen molar-refractivity contribution >= 4 is 5.91 Å². The average Bonchev–Trinajstić information content (AvgIpc) is 2.40. The Kier molecular flexibility index (Phi) is 3.52. The molecule has 0 aliphatic heterocycles. The molecule has 0 unspecified atom stereocenters. The summed E-state index contributed by atoms with van der Waals surface area (Å²) in [5.74, 6) is 4.58. The number of carbonyl (C=O) groups excluding carboxylic acids is 1. The summed E-state index contributed by atoms with van der Waals surface area (Å²) in [7, 11) is 0. The lowest BCUT2D eigenvalue weighted by Crippen LogP contribution is -2.46. The summed E-state index contributed by atoms with van der Waals surface area (Å²) in [5.41, 5.74) is -0.899. The smallest absolute Gasteiger partial charge is 0.239 e. The van der Waals surface area contributed by atoms with E-state index in [1.165, 1.54) is 32.1 Å². The number of hydrogen-bond acceptors (Lipinski definition) is 2. The molecule has 0 saturated heterocycles. The van der Waals surface area contributed by atoms with Gasteiger partial charge >= 0.3 is 0 Å². The molecule has 1 amide bonds. The van der Waals surface area contributed by atoms with Gasteiger partial charge in [-0.25, -0.2) is 0 Å². The van der Waals surface area contributed by atoms with Gasteiger partial charge in [-0.15, -0.1) is 0 Å². The summed E-state index contributed by atoms with van der Waals surface area (Å²) >= 11 is 0. The van der Waals surface area contributed by atoms with E-state index in [0.29, 0.717) is 0 Å². The Balaban J connectivity index is 1.50. The maximum absolute atomic E-state index is 11.9. The molecule has 3 nitrogen and oxygen atoms in total. The lowest BCUT2D eigenvalue weighted by Gasteiger charge is -2.54. The largest absolute Gasteiger partial charge is 0.355 e. The minimum absolute atomic E-state index is 0.121. The van der Waals surface area contributed by atoms with Gasteiger partial charge in [0, 0.05) is 6.54 Å². The van der Waals surface area contributed by atoms with Crippen molar-refractivity contribution in [2.75, 3.05) is 6.54 Å². The van der Waals surface area contributed by atoms with Crippen LogP contribution < -0.4 is 5.32 Å². The molecule has 110 valence electrons. The van der Waals surface area contributed by atoms with Crippen molar-refractivity contribution in [1.29, 1.82) is 5.26 Å². The fraction of sp³-hybridized carbons (Fsp3) is 0.882. The predicted octanol–water partition coefficient (Wildman–Crippen LogP) is 3.11. The number of hydrogen-bond donors (Lipinski definition) is 1. The Morgan fingerprint density at radius 3 is 2.20 bits per heavy atom. The van der Waals surface area contributed by atoms with E-state index in [0.717, 1.165) is 42.6 Å². The molecule has 4 aliphatic rings. The zero-order valence-electron chi connectivity index (χ0n) is 12.7. The van der Waals surface area contributed by atoms with Gasteiger partial charge in [-0.05, 0) is 82.0 Å². The SMILES string of the molecule is CC(C)(C#N)C(=O)NCCC1C2CC3CC(C2)CC1C3. The first kappa shape index (κ1) is 13.9. The third-order valence-electron chi connectivity index (χ3n) is 6.03. The van der Waals surface area contributed by atoms with Crippen molar-refractivity contribution in [3.8, 4) is 6.07 Å². The lowest BCUT2D eigenvalue weighted by atomic mass is 9.51. The fourth-order valence-corrected chi connectivity index (χ4v) is 5.13. The van der Waals surface area contributed by atoms with E-state index in [4.69, 9.17) is 5.26 Å². The van der Waals surface area contributed by atoms with Gasteiger partial charge in [0.05, 0.1) is 6.07 Å². The summed E-state index contributed by atoms with van der Waals surface area (Å²) in [6.45, 7) is 4.12. The molecule has 0 radical (unpaired) electrons. The van der Waals surface area contributed by atoms with Gasteiger partial charge < -0.3 is 5.32 Å². The summed E-state index contributed by atoms with van der Waals surface area (Å²) in [6.07, 6.45) is 8.37. The molecule has 0 atom stereocenters. The highest BCUT2D eigenvalue weighted by Gasteiger charge is 2.47. The Morgan fingerprint density at radius 1 is 1.15 bits per heavy atom. The highest BCUT2D eigenvalue weighted by atomic mass is 16.2. The number of nitrogens with one attached hydrogen (secondary N) is 1. The zero-order chi connectivity index (χ0) is 14.3. The first-order chi connectivity index (χ1) is 9.49. The Hall–Kier alpha value is -1.04. The molecular weight excluding hydrogens is 248 g/mol. The van der Waals surface area contributed by atoms with Crippen LogP contribution in [0.5, 0.6) is 0 Å². The lowest BCUT2D eigenvalue weighted by molar-refractivity contribution is -0.127. The van der Waals surface area contributed by atoms with Crippen molar-refractivity contribution < 1.29 is 4.79 Å². The van der Waals surface area contributed by atoms with Gasteiger partial charge in [0.1, 0.15) is 5.41 Å². The van der Waals surface area contributed by atoms with Gasteiger partial charge in [0.15, 0.2) is 0 Å². The zero-order valence-corrected chi connectivity index (χ0v) is 12.7. The molecule has 0 aromatic rings. The van der Waals surface area contributed by atoms with Crippen molar-refractivity contribution in [3.05, 3.63) is 0 Å². The van der Waals surface area contributed by atoms with E-state index in [2.05, 4.69) is 11.4 Å². The van der Waals surface area contributed by atoms with Crippen LogP contribution in [0.2, 0.25) is 0 Å². The van der Waals surface area contributed by atoms with E-state index in [9.17, 15) is 4.79 Å². The van der Waals surface area contributed by atoms with Gasteiger partial charge in [-0.1, -0.05) is 0 Å². The minimum atomic E-state index is -0.899. The highest BCUT2D eigenvalue weighted by Crippen LogP contribution is 2.57. The fourth-order valence-electron chi connectivity index (χ4n) is 5.13. The number of nitrogens with zero attached hydrogens (tertiary/aromatic N) is 1. The summed E-state index contributed by atoms with van der Waals surface area (Å²) in [4.78, 5) is 11.9. The Bertz CT molecular complexity index is 407. The summed E-state index contributed by atoms with van der Waals surface area (Å²) in [5, 5.41) is 11.9. The Morgan fingerprint density at radius 2 is 1.70 bits per heavy atom. The topological polar surface area (TPSA) is 52.9 Å². The van der Waals surface area contributed by atoms with E-state index >= 15 is 0 Å². The van der Waals surface area contributed by atoms with E-state index in [-0.39, 0.29) is 5.91 Å². The minimum Gasteiger partial charge on any atom is -0.355 e. The van der Waals surface area contributed by atoms with Crippen LogP contribution >= 0.6 is 0 Å². The van der Waals surface area contributed by atoms with Crippen LogP contribution in [0.4, 0.5) is 0 Å². The van der Waals surface area contributed by atoms with Gasteiger partial charge in [0.2, 0.25) is 5.91 Å². The van der Waals surface area contributed by atoms with Crippen LogP contribution in [-0.4, -0.2) is 12.5 Å². The third kappa shape index (κ3) is 2.45. The summed E-state index contributed by atoms with van der Waals surface area (Å²) in [6, 6.07) is 2.07. The van der Waals surface area contributed by atoms with Crippen LogP contribution in [0.3, 0.4) is 0 Å². The molecule has 4 saturated carbocycles. The number of amides is 1. The van der Waals surface area contributed by atoms with E-state index < -0.39 is 5.41 Å². The number of nitriles is 1. The first-order valence-electron chi connectivity index (χ1n) is 8.19. The summed E-state index contributed by atoms with van der Waals surface area (Å²) < 4.78 is 0. The maximum atomic E-state index is 11.9. The predicted molar refractivity (Wildman–Crippen MR) is 77.6 cm³/mol. The van der Waals surface area contributed by atoms with E-state index in [1.54, 1.807) is 13.8 Å². The molecule has 4 rings (SSSR count). The number of rotatable bonds is 4. The molecule has 4 aliphatic carbocycles.